The molecule has 0 bridgehead atoms. The fourth-order valence-corrected chi connectivity index (χ4v) is 2.04. The van der Waals surface area contributed by atoms with Crippen LogP contribution in [0.3, 0.4) is 0 Å². The van der Waals surface area contributed by atoms with Crippen LogP contribution in [0.1, 0.15) is 26.7 Å². The summed E-state index contributed by atoms with van der Waals surface area (Å²) in [5, 5.41) is 0. The molecule has 0 amide bonds. The molecule has 1 heterocycles. The Hall–Kier alpha value is -0.790. The Morgan fingerprint density at radius 2 is 2.08 bits per heavy atom. The molecule has 0 unspecified atom stereocenters. The van der Waals surface area contributed by atoms with Crippen LogP contribution in [0, 0.1) is 11.8 Å². The molecule has 0 N–H and O–H groups in total. The number of hydrogen-bond donors (Lipinski definition) is 0. The molecule has 2 atom stereocenters. The minimum atomic E-state index is 0.146. The lowest BCUT2D eigenvalue weighted by molar-refractivity contribution is -0.121. The normalized spacial score (nSPS) is 35.0. The van der Waals surface area contributed by atoms with E-state index < -0.39 is 0 Å². The molecule has 2 aliphatic rings. The maximum atomic E-state index is 11.6. The molecule has 12 heavy (non-hydrogen) atoms. The quantitative estimate of drug-likeness (QED) is 0.549. The Balaban J connectivity index is 2.35. The zero-order valence-electron chi connectivity index (χ0n) is 7.59. The number of carbonyl (C=O) groups is 1. The summed E-state index contributed by atoms with van der Waals surface area (Å²) >= 11 is 0. The maximum absolute atomic E-state index is 11.6. The van der Waals surface area contributed by atoms with Crippen LogP contribution in [0.4, 0.5) is 0 Å². The topological polar surface area (TPSA) is 26.3 Å². The molecule has 0 saturated heterocycles. The largest absolute Gasteiger partial charge is 0.490 e. The second-order valence-corrected chi connectivity index (χ2v) is 3.75. The summed E-state index contributed by atoms with van der Waals surface area (Å²) in [4.78, 5) is 11.6. The Bertz CT molecular complexity index is 253. The van der Waals surface area contributed by atoms with Crippen LogP contribution < -0.4 is 0 Å². The summed E-state index contributed by atoms with van der Waals surface area (Å²) in [5.41, 5.74) is 1.26. The van der Waals surface area contributed by atoms with E-state index in [1.807, 2.05) is 6.92 Å². The lowest BCUT2D eigenvalue weighted by Crippen LogP contribution is -2.12. The van der Waals surface area contributed by atoms with E-state index >= 15 is 0 Å². The Morgan fingerprint density at radius 3 is 2.75 bits per heavy atom. The monoisotopic (exact) mass is 166 g/mol. The van der Waals surface area contributed by atoms with Gasteiger partial charge in [-0.1, -0.05) is 13.8 Å². The zero-order valence-corrected chi connectivity index (χ0v) is 7.59. The van der Waals surface area contributed by atoms with Crippen LogP contribution >= 0.6 is 0 Å². The molecule has 1 aliphatic heterocycles. The number of hydrogen-bond acceptors (Lipinski definition) is 2. The van der Waals surface area contributed by atoms with Gasteiger partial charge in [0.15, 0.2) is 5.76 Å². The van der Waals surface area contributed by atoms with Gasteiger partial charge in [-0.15, -0.1) is 0 Å². The molecule has 2 rings (SSSR count). The highest BCUT2D eigenvalue weighted by molar-refractivity contribution is 5.99. The van der Waals surface area contributed by atoms with Crippen LogP contribution in [0.25, 0.3) is 0 Å². The average molecular weight is 166 g/mol. The van der Waals surface area contributed by atoms with Gasteiger partial charge in [0.1, 0.15) is 0 Å². The van der Waals surface area contributed by atoms with E-state index in [9.17, 15) is 4.79 Å². The Labute approximate surface area is 72.6 Å². The van der Waals surface area contributed by atoms with Crippen molar-refractivity contribution in [2.75, 3.05) is 6.61 Å². The summed E-state index contributed by atoms with van der Waals surface area (Å²) in [7, 11) is 0. The molecule has 1 aliphatic carbocycles. The van der Waals surface area contributed by atoms with Crippen molar-refractivity contribution in [1.82, 2.24) is 0 Å². The highest BCUT2D eigenvalue weighted by Crippen LogP contribution is 2.39. The van der Waals surface area contributed by atoms with Crippen molar-refractivity contribution in [2.24, 2.45) is 11.8 Å². The first kappa shape index (κ1) is 7.84. The van der Waals surface area contributed by atoms with Gasteiger partial charge in [-0.25, -0.2) is 0 Å². The number of Topliss-reactive ketones (excluding diaryl/α,β-unsaturated/α-hetero) is 1. The van der Waals surface area contributed by atoms with Crippen molar-refractivity contribution in [2.45, 2.75) is 26.7 Å². The fourth-order valence-electron chi connectivity index (χ4n) is 2.04. The summed E-state index contributed by atoms with van der Waals surface area (Å²) in [5.74, 6) is 1.47. The number of ether oxygens (including phenoxy) is 1. The van der Waals surface area contributed by atoms with Crippen molar-refractivity contribution < 1.29 is 9.53 Å². The van der Waals surface area contributed by atoms with Gasteiger partial charge in [-0.3, -0.25) is 4.79 Å². The minimum Gasteiger partial charge on any atom is -0.490 e. The first-order valence-electron chi connectivity index (χ1n) is 4.62. The molecular weight excluding hydrogens is 152 g/mol. The average Bonchev–Trinajstić information content (AvgIpc) is 2.33. The van der Waals surface area contributed by atoms with Gasteiger partial charge in [-0.05, 0) is 24.3 Å². The van der Waals surface area contributed by atoms with Crippen molar-refractivity contribution in [3.05, 3.63) is 11.3 Å². The minimum absolute atomic E-state index is 0.146. The summed E-state index contributed by atoms with van der Waals surface area (Å²) in [6.45, 7) is 4.85. The molecule has 2 heteroatoms. The molecule has 0 aromatic carbocycles. The highest BCUT2D eigenvalue weighted by Gasteiger charge is 2.38. The number of allylic oxidation sites excluding steroid dienone is 2. The van der Waals surface area contributed by atoms with E-state index in [0.717, 1.165) is 19.4 Å². The molecule has 0 spiro atoms. The highest BCUT2D eigenvalue weighted by atomic mass is 16.5. The first-order chi connectivity index (χ1) is 5.72. The van der Waals surface area contributed by atoms with E-state index in [0.29, 0.717) is 11.7 Å². The Kier molecular flexibility index (Phi) is 1.71. The van der Waals surface area contributed by atoms with Crippen molar-refractivity contribution >= 4 is 5.78 Å². The SMILES string of the molecule is C[C@@H]1C2=C(OCCC2)C(=O)[C@@H]1C. The second kappa shape index (κ2) is 2.61. The van der Waals surface area contributed by atoms with Crippen molar-refractivity contribution in [3.8, 4) is 0 Å². The van der Waals surface area contributed by atoms with Crippen LogP contribution in [0.5, 0.6) is 0 Å². The van der Waals surface area contributed by atoms with Gasteiger partial charge in [0.05, 0.1) is 6.61 Å². The van der Waals surface area contributed by atoms with Gasteiger partial charge in [-0.2, -0.15) is 0 Å². The van der Waals surface area contributed by atoms with Crippen molar-refractivity contribution in [3.63, 3.8) is 0 Å². The number of carbonyl (C=O) groups excluding carboxylic acids is 1. The molecule has 66 valence electrons. The first-order valence-corrected chi connectivity index (χ1v) is 4.62. The standard InChI is InChI=1S/C10H14O2/c1-6-7(2)9(11)10-8(6)4-3-5-12-10/h6-7H,3-5H2,1-2H3/t6-,7+/m0/s1. The number of rotatable bonds is 0. The third-order valence-corrected chi connectivity index (χ3v) is 3.07. The predicted molar refractivity (Wildman–Crippen MR) is 45.5 cm³/mol. The zero-order chi connectivity index (χ0) is 8.72. The van der Waals surface area contributed by atoms with Gasteiger partial charge in [0.25, 0.3) is 0 Å². The fraction of sp³-hybridized carbons (Fsp3) is 0.700. The lowest BCUT2D eigenvalue weighted by Gasteiger charge is -2.16. The lowest BCUT2D eigenvalue weighted by atomic mass is 9.92. The van der Waals surface area contributed by atoms with E-state index in [1.54, 1.807) is 0 Å². The third-order valence-electron chi connectivity index (χ3n) is 3.07. The predicted octanol–water partition coefficient (Wildman–Crippen LogP) is 1.91. The molecule has 0 aromatic heterocycles. The third kappa shape index (κ3) is 0.904. The molecule has 0 fully saturated rings. The van der Waals surface area contributed by atoms with Crippen LogP contribution in [0.2, 0.25) is 0 Å². The van der Waals surface area contributed by atoms with Gasteiger partial charge < -0.3 is 4.74 Å². The molecule has 0 radical (unpaired) electrons. The second-order valence-electron chi connectivity index (χ2n) is 3.75. The van der Waals surface area contributed by atoms with Crippen LogP contribution in [-0.2, 0) is 9.53 Å². The van der Waals surface area contributed by atoms with Gasteiger partial charge in [0, 0.05) is 5.92 Å². The van der Waals surface area contributed by atoms with E-state index in [4.69, 9.17) is 4.74 Å². The number of ketones is 1. The molecular formula is C10H14O2. The maximum Gasteiger partial charge on any atom is 0.200 e. The van der Waals surface area contributed by atoms with Gasteiger partial charge >= 0.3 is 0 Å². The molecule has 2 nitrogen and oxygen atoms in total. The van der Waals surface area contributed by atoms with Gasteiger partial charge in [0.2, 0.25) is 5.78 Å². The summed E-state index contributed by atoms with van der Waals surface area (Å²) in [6, 6.07) is 0. The van der Waals surface area contributed by atoms with Crippen molar-refractivity contribution in [1.29, 1.82) is 0 Å². The van der Waals surface area contributed by atoms with E-state index in [2.05, 4.69) is 6.92 Å². The van der Waals surface area contributed by atoms with Crippen LogP contribution in [0.15, 0.2) is 11.3 Å². The Morgan fingerprint density at radius 1 is 1.33 bits per heavy atom. The van der Waals surface area contributed by atoms with Crippen LogP contribution in [-0.4, -0.2) is 12.4 Å². The summed E-state index contributed by atoms with van der Waals surface area (Å²) in [6.07, 6.45) is 2.13. The smallest absolute Gasteiger partial charge is 0.200 e. The van der Waals surface area contributed by atoms with E-state index in [-0.39, 0.29) is 11.7 Å². The molecule has 0 saturated carbocycles. The molecule has 0 aromatic rings. The van der Waals surface area contributed by atoms with E-state index in [1.165, 1.54) is 5.57 Å². The summed E-state index contributed by atoms with van der Waals surface area (Å²) < 4.78 is 5.39.